The first-order valence-electron chi connectivity index (χ1n) is 15.3. The number of carboxylic acid groups (broad SMARTS) is 1. The van der Waals surface area contributed by atoms with Crippen LogP contribution in [-0.2, 0) is 43.2 Å². The molecule has 21 heteroatoms. The van der Waals surface area contributed by atoms with Crippen LogP contribution in [0.5, 0.6) is 0 Å². The van der Waals surface area contributed by atoms with E-state index in [2.05, 4.69) is 31.9 Å². The van der Waals surface area contributed by atoms with Gasteiger partial charge in [-0.05, 0) is 39.5 Å². The number of carboxylic acids is 1. The summed E-state index contributed by atoms with van der Waals surface area (Å²) in [5, 5.41) is 42.1. The summed E-state index contributed by atoms with van der Waals surface area (Å²) in [6.07, 6.45) is -3.20. The van der Waals surface area contributed by atoms with Crippen LogP contribution in [-0.4, -0.2) is 124 Å². The quantitative estimate of drug-likeness (QED) is 0.0500. The molecular weight excluding hydrogens is 654 g/mol. The molecule has 0 rings (SSSR count). The Morgan fingerprint density at radius 2 is 1.08 bits per heavy atom. The molecule has 278 valence electrons. The van der Waals surface area contributed by atoms with Crippen LogP contribution in [0.2, 0.25) is 0 Å². The van der Waals surface area contributed by atoms with E-state index < -0.39 is 121 Å². The summed E-state index contributed by atoms with van der Waals surface area (Å²) < 4.78 is 0. The first-order valence-corrected chi connectivity index (χ1v) is 15.3. The predicted molar refractivity (Wildman–Crippen MR) is 169 cm³/mol. The van der Waals surface area contributed by atoms with Gasteiger partial charge in [-0.15, -0.1) is 0 Å². The lowest BCUT2D eigenvalue weighted by Gasteiger charge is -2.27. The molecule has 8 atom stereocenters. The Balaban J connectivity index is 6.04. The summed E-state index contributed by atoms with van der Waals surface area (Å²) in [5.41, 5.74) is 15.9. The van der Waals surface area contributed by atoms with Crippen molar-refractivity contribution in [2.24, 2.45) is 23.1 Å². The summed E-state index contributed by atoms with van der Waals surface area (Å²) in [6.45, 7) is 6.15. The molecule has 0 spiro atoms. The van der Waals surface area contributed by atoms with Crippen molar-refractivity contribution >= 4 is 53.2 Å². The van der Waals surface area contributed by atoms with Crippen molar-refractivity contribution in [1.29, 1.82) is 0 Å². The predicted octanol–water partition coefficient (Wildman–Crippen LogP) is -6.09. The van der Waals surface area contributed by atoms with Crippen molar-refractivity contribution in [3.8, 4) is 0 Å². The molecule has 0 saturated carbocycles. The molecule has 0 saturated heterocycles. The average Bonchev–Trinajstić information content (AvgIpc) is 2.98. The number of aliphatic carboxylic acids is 1. The second kappa shape index (κ2) is 21.2. The minimum Gasteiger partial charge on any atom is -0.480 e. The SMILES string of the molecule is CC(C)C[C@H](NC(=O)[C@H](CC(N)=O)NC(=O)[C@H](CO)NC(=O)[C@H](C)NC(=O)[C@H](C)N)C(=O)N[C@@H](CCC(N)=O)C(=O)N[C@H](C(=O)O)[C@@H](C)O. The summed E-state index contributed by atoms with van der Waals surface area (Å²) >= 11 is 0. The molecule has 0 bridgehead atoms. The Labute approximate surface area is 282 Å². The summed E-state index contributed by atoms with van der Waals surface area (Å²) in [6, 6.07) is -10.3. The molecule has 0 aliphatic carbocycles. The van der Waals surface area contributed by atoms with E-state index in [4.69, 9.17) is 17.2 Å². The number of carbonyl (C=O) groups is 9. The van der Waals surface area contributed by atoms with Crippen molar-refractivity contribution in [3.63, 3.8) is 0 Å². The molecule has 0 unspecified atom stereocenters. The van der Waals surface area contributed by atoms with Gasteiger partial charge in [0.05, 0.1) is 25.2 Å². The fourth-order valence-electron chi connectivity index (χ4n) is 4.03. The van der Waals surface area contributed by atoms with Gasteiger partial charge in [0.25, 0.3) is 0 Å². The van der Waals surface area contributed by atoms with Crippen LogP contribution in [0, 0.1) is 5.92 Å². The fraction of sp³-hybridized carbons (Fsp3) is 0.679. The molecule has 8 amide bonds. The number of amides is 8. The van der Waals surface area contributed by atoms with Crippen molar-refractivity contribution < 1.29 is 58.5 Å². The van der Waals surface area contributed by atoms with Crippen molar-refractivity contribution in [2.45, 2.75) is 109 Å². The van der Waals surface area contributed by atoms with E-state index >= 15 is 0 Å². The number of nitrogens with one attached hydrogen (secondary N) is 6. The Hall–Kier alpha value is -4.89. The smallest absolute Gasteiger partial charge is 0.328 e. The van der Waals surface area contributed by atoms with Gasteiger partial charge in [-0.1, -0.05) is 13.8 Å². The number of hydrogen-bond donors (Lipinski definition) is 12. The molecule has 0 radical (unpaired) electrons. The van der Waals surface area contributed by atoms with Gasteiger partial charge in [0.2, 0.25) is 47.3 Å². The van der Waals surface area contributed by atoms with Crippen LogP contribution < -0.4 is 49.1 Å². The van der Waals surface area contributed by atoms with Crippen LogP contribution in [0.15, 0.2) is 0 Å². The number of primary amides is 2. The van der Waals surface area contributed by atoms with Gasteiger partial charge >= 0.3 is 5.97 Å². The zero-order valence-electron chi connectivity index (χ0n) is 28.0. The molecule has 21 nitrogen and oxygen atoms in total. The van der Waals surface area contributed by atoms with Crippen molar-refractivity contribution in [1.82, 2.24) is 31.9 Å². The first kappa shape index (κ1) is 44.1. The highest BCUT2D eigenvalue weighted by Crippen LogP contribution is 2.09. The topological polar surface area (TPSA) is 365 Å². The van der Waals surface area contributed by atoms with Gasteiger partial charge in [0.1, 0.15) is 30.2 Å². The fourth-order valence-corrected chi connectivity index (χ4v) is 4.03. The Kier molecular flexibility index (Phi) is 19.0. The van der Waals surface area contributed by atoms with E-state index in [9.17, 15) is 58.5 Å². The summed E-state index contributed by atoms with van der Waals surface area (Å²) in [4.78, 5) is 111. The molecule has 0 aromatic heterocycles. The van der Waals surface area contributed by atoms with Gasteiger partial charge in [-0.2, -0.15) is 0 Å². The number of aliphatic hydroxyl groups excluding tert-OH is 2. The van der Waals surface area contributed by atoms with Crippen LogP contribution in [0.3, 0.4) is 0 Å². The molecule has 0 aromatic rings. The lowest BCUT2D eigenvalue weighted by atomic mass is 10.0. The van der Waals surface area contributed by atoms with Gasteiger partial charge in [-0.3, -0.25) is 38.4 Å². The number of nitrogens with two attached hydrogens (primary N) is 3. The lowest BCUT2D eigenvalue weighted by molar-refractivity contribution is -0.145. The molecule has 0 heterocycles. The Morgan fingerprint density at radius 3 is 1.53 bits per heavy atom. The molecular formula is C28H49N9O12. The second-order valence-corrected chi connectivity index (χ2v) is 11.8. The third-order valence-corrected chi connectivity index (χ3v) is 6.72. The molecule has 0 aromatic carbocycles. The van der Waals surface area contributed by atoms with Gasteiger partial charge < -0.3 is 64.4 Å². The maximum Gasteiger partial charge on any atom is 0.328 e. The van der Waals surface area contributed by atoms with Gasteiger partial charge in [0, 0.05) is 6.42 Å². The van der Waals surface area contributed by atoms with Crippen LogP contribution in [0.4, 0.5) is 0 Å². The van der Waals surface area contributed by atoms with Crippen LogP contribution in [0.25, 0.3) is 0 Å². The van der Waals surface area contributed by atoms with E-state index in [0.717, 1.165) is 6.92 Å². The average molecular weight is 704 g/mol. The van der Waals surface area contributed by atoms with E-state index in [1.807, 2.05) is 0 Å². The lowest BCUT2D eigenvalue weighted by Crippen LogP contribution is -2.61. The summed E-state index contributed by atoms with van der Waals surface area (Å²) in [7, 11) is 0. The molecule has 0 aliphatic rings. The Bertz CT molecular complexity index is 1230. The standard InChI is InChI=1S/C28H49N9O12/c1-11(2)8-16(25(45)33-15(6-7-19(30)40)24(44)37-21(14(5)39)28(48)49)34-26(46)17(9-20(31)41)35-27(47)18(10-38)36-23(43)13(4)32-22(42)12(3)29/h11-18,21,38-39H,6-10,29H2,1-5H3,(H2,30,40)(H2,31,41)(H,32,42)(H,33,45)(H,34,46)(H,35,47)(H,36,43)(H,37,44)(H,48,49)/t12-,13-,14+,15-,16-,17-,18-,21-/m0/s1. The van der Waals surface area contributed by atoms with E-state index in [1.165, 1.54) is 13.8 Å². The van der Waals surface area contributed by atoms with E-state index in [1.54, 1.807) is 13.8 Å². The van der Waals surface area contributed by atoms with Crippen molar-refractivity contribution in [2.75, 3.05) is 6.61 Å². The van der Waals surface area contributed by atoms with Crippen LogP contribution >= 0.6 is 0 Å². The monoisotopic (exact) mass is 703 g/mol. The minimum atomic E-state index is -1.77. The minimum absolute atomic E-state index is 0.0647. The molecule has 0 fully saturated rings. The van der Waals surface area contributed by atoms with Gasteiger partial charge in [-0.25, -0.2) is 4.79 Å². The largest absolute Gasteiger partial charge is 0.480 e. The van der Waals surface area contributed by atoms with Crippen molar-refractivity contribution in [3.05, 3.63) is 0 Å². The maximum absolute atomic E-state index is 13.4. The zero-order valence-corrected chi connectivity index (χ0v) is 28.0. The van der Waals surface area contributed by atoms with Crippen LogP contribution in [0.1, 0.15) is 60.3 Å². The summed E-state index contributed by atoms with van der Waals surface area (Å²) in [5.74, 6) is -9.64. The number of hydrogen-bond acceptors (Lipinski definition) is 12. The third-order valence-electron chi connectivity index (χ3n) is 6.72. The number of rotatable bonds is 22. The highest BCUT2D eigenvalue weighted by Gasteiger charge is 2.34. The number of carbonyl (C=O) groups excluding carboxylic acids is 8. The highest BCUT2D eigenvalue weighted by molar-refractivity contribution is 5.98. The molecule has 15 N–H and O–H groups in total. The maximum atomic E-state index is 13.4. The molecule has 0 aliphatic heterocycles. The van der Waals surface area contributed by atoms with E-state index in [-0.39, 0.29) is 18.8 Å². The third kappa shape index (κ3) is 16.7. The number of aliphatic hydroxyl groups is 2. The normalized spacial score (nSPS) is 15.9. The van der Waals surface area contributed by atoms with Gasteiger partial charge in [0.15, 0.2) is 6.04 Å². The molecule has 49 heavy (non-hydrogen) atoms. The Morgan fingerprint density at radius 1 is 0.612 bits per heavy atom. The second-order valence-electron chi connectivity index (χ2n) is 11.8. The van der Waals surface area contributed by atoms with E-state index in [0.29, 0.717) is 0 Å². The zero-order chi connectivity index (χ0) is 38.2. The first-order chi connectivity index (χ1) is 22.6. The highest BCUT2D eigenvalue weighted by atomic mass is 16.4.